The molecule has 28 heavy (non-hydrogen) atoms. The molecule has 1 unspecified atom stereocenters. The van der Waals surface area contributed by atoms with Gasteiger partial charge in [0.2, 0.25) is 5.91 Å². The van der Waals surface area contributed by atoms with Gasteiger partial charge in [-0.2, -0.15) is 0 Å². The van der Waals surface area contributed by atoms with Crippen molar-refractivity contribution in [1.29, 1.82) is 0 Å². The van der Waals surface area contributed by atoms with Gasteiger partial charge in [0.1, 0.15) is 0 Å². The summed E-state index contributed by atoms with van der Waals surface area (Å²) in [5, 5.41) is 0. The number of hydrogen-bond donors (Lipinski definition) is 0. The van der Waals surface area contributed by atoms with Crippen LogP contribution in [-0.4, -0.2) is 66.0 Å². The molecule has 148 valence electrons. The van der Waals surface area contributed by atoms with Crippen molar-refractivity contribution in [2.45, 2.75) is 31.7 Å². The van der Waals surface area contributed by atoms with E-state index in [1.165, 1.54) is 17.7 Å². The van der Waals surface area contributed by atoms with E-state index in [0.717, 1.165) is 52.1 Å². The predicted molar refractivity (Wildman–Crippen MR) is 112 cm³/mol. The van der Waals surface area contributed by atoms with Crippen molar-refractivity contribution >= 4 is 11.6 Å². The van der Waals surface area contributed by atoms with Gasteiger partial charge < -0.3 is 9.80 Å². The van der Waals surface area contributed by atoms with E-state index < -0.39 is 0 Å². The summed E-state index contributed by atoms with van der Waals surface area (Å²) in [4.78, 5) is 23.9. The summed E-state index contributed by atoms with van der Waals surface area (Å²) in [5.41, 5.74) is 2.51. The van der Waals surface area contributed by atoms with E-state index in [2.05, 4.69) is 50.0 Å². The minimum absolute atomic E-state index is 0.296. The number of likely N-dealkylation sites (tertiary alicyclic amines) is 1. The highest BCUT2D eigenvalue weighted by molar-refractivity contribution is 5.76. The lowest BCUT2D eigenvalue weighted by Crippen LogP contribution is -2.55. The first-order valence-electron chi connectivity index (χ1n) is 10.5. The molecule has 0 bridgehead atoms. The molecule has 0 spiro atoms. The van der Waals surface area contributed by atoms with E-state index in [0.29, 0.717) is 18.4 Å². The maximum atomic E-state index is 12.7. The van der Waals surface area contributed by atoms with E-state index in [-0.39, 0.29) is 0 Å². The predicted octanol–water partition coefficient (Wildman–Crippen LogP) is 2.83. The van der Waals surface area contributed by atoms with Gasteiger partial charge in [-0.05, 0) is 49.1 Å². The number of rotatable bonds is 5. The van der Waals surface area contributed by atoms with Crippen LogP contribution in [0.2, 0.25) is 0 Å². The monoisotopic (exact) mass is 378 g/mol. The van der Waals surface area contributed by atoms with Gasteiger partial charge >= 0.3 is 0 Å². The first-order valence-corrected chi connectivity index (χ1v) is 10.5. The summed E-state index contributed by atoms with van der Waals surface area (Å²) < 4.78 is 0. The zero-order valence-electron chi connectivity index (χ0n) is 16.5. The van der Waals surface area contributed by atoms with Gasteiger partial charge in [-0.15, -0.1) is 0 Å². The summed E-state index contributed by atoms with van der Waals surface area (Å²) >= 11 is 0. The molecule has 0 aliphatic carbocycles. The Hall–Kier alpha value is -2.40. The van der Waals surface area contributed by atoms with Crippen LogP contribution in [0, 0.1) is 0 Å². The molecule has 2 aliphatic rings. The van der Waals surface area contributed by atoms with Crippen molar-refractivity contribution in [3.8, 4) is 0 Å². The van der Waals surface area contributed by atoms with Crippen molar-refractivity contribution in [2.24, 2.45) is 0 Å². The van der Waals surface area contributed by atoms with Crippen LogP contribution >= 0.6 is 0 Å². The number of aromatic nitrogens is 1. The highest BCUT2D eigenvalue weighted by Gasteiger charge is 2.29. The maximum Gasteiger partial charge on any atom is 0.222 e. The topological polar surface area (TPSA) is 39.7 Å². The molecule has 5 heteroatoms. The summed E-state index contributed by atoms with van der Waals surface area (Å²) in [6.07, 6.45) is 7.32. The van der Waals surface area contributed by atoms with Crippen LogP contribution in [0.15, 0.2) is 54.9 Å². The second-order valence-corrected chi connectivity index (χ2v) is 7.85. The number of anilines is 1. The zero-order chi connectivity index (χ0) is 19.2. The van der Waals surface area contributed by atoms with Crippen LogP contribution in [0.5, 0.6) is 0 Å². The van der Waals surface area contributed by atoms with Gasteiger partial charge in [0.25, 0.3) is 0 Å². The minimum Gasteiger partial charge on any atom is -0.369 e. The van der Waals surface area contributed by atoms with Crippen molar-refractivity contribution in [3.63, 3.8) is 0 Å². The lowest BCUT2D eigenvalue weighted by Gasteiger charge is -2.44. The molecule has 4 rings (SSSR count). The minimum atomic E-state index is 0.296. The third-order valence-electron chi connectivity index (χ3n) is 6.08. The molecule has 5 nitrogen and oxygen atoms in total. The Balaban J connectivity index is 1.26. The van der Waals surface area contributed by atoms with Gasteiger partial charge in [-0.1, -0.05) is 18.2 Å². The van der Waals surface area contributed by atoms with Crippen molar-refractivity contribution in [1.82, 2.24) is 14.8 Å². The van der Waals surface area contributed by atoms with E-state index in [9.17, 15) is 4.79 Å². The third kappa shape index (κ3) is 4.71. The third-order valence-corrected chi connectivity index (χ3v) is 6.08. The summed E-state index contributed by atoms with van der Waals surface area (Å²) in [6.45, 7) is 6.10. The molecule has 0 radical (unpaired) electrons. The Morgan fingerprint density at radius 1 is 0.964 bits per heavy atom. The number of carbonyl (C=O) groups excluding carboxylic acids is 1. The Morgan fingerprint density at radius 3 is 2.46 bits per heavy atom. The molecule has 3 heterocycles. The van der Waals surface area contributed by atoms with Crippen LogP contribution in [-0.2, 0) is 11.2 Å². The quantitative estimate of drug-likeness (QED) is 0.802. The Morgan fingerprint density at radius 2 is 1.71 bits per heavy atom. The van der Waals surface area contributed by atoms with Crippen molar-refractivity contribution in [2.75, 3.05) is 44.2 Å². The lowest BCUT2D eigenvalue weighted by atomic mass is 10.0. The van der Waals surface area contributed by atoms with Gasteiger partial charge in [0.15, 0.2) is 0 Å². The van der Waals surface area contributed by atoms with Crippen LogP contribution in [0.1, 0.15) is 24.8 Å². The highest BCUT2D eigenvalue weighted by Crippen LogP contribution is 2.21. The second-order valence-electron chi connectivity index (χ2n) is 7.85. The molecule has 0 saturated carbocycles. The molecule has 1 aromatic carbocycles. The standard InChI is InChI=1S/C23H30N4O/c28-23(9-8-20-10-12-24-13-11-20)27-14-4-7-22(19-27)26-17-15-25(16-18-26)21-5-2-1-3-6-21/h1-3,5-6,10-13,22H,4,7-9,14-19H2. The molecular formula is C23H30N4O. The molecule has 0 N–H and O–H groups in total. The van der Waals surface area contributed by atoms with Gasteiger partial charge in [0.05, 0.1) is 0 Å². The number of hydrogen-bond acceptors (Lipinski definition) is 4. The van der Waals surface area contributed by atoms with Gasteiger partial charge in [-0.25, -0.2) is 0 Å². The summed E-state index contributed by atoms with van der Waals surface area (Å²) in [7, 11) is 0. The number of benzene rings is 1. The molecule has 2 aromatic rings. The number of para-hydroxylation sites is 1. The number of amides is 1. The molecular weight excluding hydrogens is 348 g/mol. The SMILES string of the molecule is O=C(CCc1ccncc1)N1CCCC(N2CCN(c3ccccc3)CC2)C1. The Bertz CT molecular complexity index is 744. The lowest BCUT2D eigenvalue weighted by molar-refractivity contribution is -0.133. The Kier molecular flexibility index (Phi) is 6.22. The fourth-order valence-electron chi connectivity index (χ4n) is 4.42. The van der Waals surface area contributed by atoms with Crippen LogP contribution in [0.25, 0.3) is 0 Å². The average molecular weight is 379 g/mol. The fraction of sp³-hybridized carbons (Fsp3) is 0.478. The first-order chi connectivity index (χ1) is 13.8. The zero-order valence-corrected chi connectivity index (χ0v) is 16.5. The summed E-state index contributed by atoms with van der Waals surface area (Å²) in [5.74, 6) is 0.296. The number of aryl methyl sites for hydroxylation is 1. The van der Waals surface area contributed by atoms with Gasteiger partial charge in [-0.3, -0.25) is 14.7 Å². The molecule has 2 saturated heterocycles. The largest absolute Gasteiger partial charge is 0.369 e. The van der Waals surface area contributed by atoms with Crippen LogP contribution in [0.4, 0.5) is 5.69 Å². The van der Waals surface area contributed by atoms with E-state index in [1.807, 2.05) is 12.1 Å². The Labute approximate surface area is 168 Å². The number of piperazine rings is 1. The molecule has 1 atom stereocenters. The summed E-state index contributed by atoms with van der Waals surface area (Å²) in [6, 6.07) is 15.2. The molecule has 2 aliphatic heterocycles. The van der Waals surface area contributed by atoms with Crippen LogP contribution < -0.4 is 4.90 Å². The van der Waals surface area contributed by atoms with Crippen molar-refractivity contribution in [3.05, 3.63) is 60.4 Å². The molecule has 2 fully saturated rings. The number of carbonyl (C=O) groups is 1. The number of piperidine rings is 1. The van der Waals surface area contributed by atoms with Crippen molar-refractivity contribution < 1.29 is 4.79 Å². The van der Waals surface area contributed by atoms with Gasteiger partial charge in [0, 0.05) is 69.8 Å². The number of nitrogens with zero attached hydrogens (tertiary/aromatic N) is 4. The van der Waals surface area contributed by atoms with E-state index in [4.69, 9.17) is 0 Å². The average Bonchev–Trinajstić information content (AvgIpc) is 2.79. The van der Waals surface area contributed by atoms with Crippen LogP contribution in [0.3, 0.4) is 0 Å². The highest BCUT2D eigenvalue weighted by atomic mass is 16.2. The smallest absolute Gasteiger partial charge is 0.222 e. The molecule has 1 amide bonds. The van der Waals surface area contributed by atoms with E-state index in [1.54, 1.807) is 12.4 Å². The number of pyridine rings is 1. The maximum absolute atomic E-state index is 12.7. The second kappa shape index (κ2) is 9.20. The first kappa shape index (κ1) is 18.9. The normalized spacial score (nSPS) is 20.9. The fourth-order valence-corrected chi connectivity index (χ4v) is 4.42. The van der Waals surface area contributed by atoms with E-state index >= 15 is 0 Å². The molecule has 1 aromatic heterocycles.